The van der Waals surface area contributed by atoms with Crippen LogP contribution >= 0.6 is 0 Å². The van der Waals surface area contributed by atoms with Crippen LogP contribution in [0, 0.1) is 0 Å². The van der Waals surface area contributed by atoms with E-state index in [1.807, 2.05) is 0 Å². The fourth-order valence-electron chi connectivity index (χ4n) is 2.20. The molecule has 0 bridgehead atoms. The minimum absolute atomic E-state index is 0.0312. The number of sulfonamides is 1. The number of rotatable bonds is 1. The van der Waals surface area contributed by atoms with E-state index in [2.05, 4.69) is 10.6 Å². The topological polar surface area (TPSA) is 61.4 Å². The van der Waals surface area contributed by atoms with Crippen LogP contribution in [-0.4, -0.2) is 50.8 Å². The van der Waals surface area contributed by atoms with Crippen LogP contribution in [0.4, 0.5) is 0 Å². The third kappa shape index (κ3) is 2.69. The minimum Gasteiger partial charge on any atom is -0.314 e. The Morgan fingerprint density at radius 2 is 2.00 bits per heavy atom. The molecule has 2 N–H and O–H groups in total. The maximum absolute atomic E-state index is 11.9. The first-order valence-corrected chi connectivity index (χ1v) is 7.25. The van der Waals surface area contributed by atoms with Crippen molar-refractivity contribution >= 4 is 10.0 Å². The number of hydrogen-bond acceptors (Lipinski definition) is 4. The van der Waals surface area contributed by atoms with Crippen LogP contribution in [0.15, 0.2) is 0 Å². The lowest BCUT2D eigenvalue weighted by Gasteiger charge is -2.33. The number of nitrogens with one attached hydrogen (secondary N) is 2. The summed E-state index contributed by atoms with van der Waals surface area (Å²) in [6.07, 6.45) is 3.25. The normalized spacial score (nSPS) is 33.5. The molecule has 0 amide bonds. The van der Waals surface area contributed by atoms with Gasteiger partial charge in [0.2, 0.25) is 10.0 Å². The van der Waals surface area contributed by atoms with Gasteiger partial charge in [-0.2, -0.15) is 4.31 Å². The highest BCUT2D eigenvalue weighted by molar-refractivity contribution is 7.89. The van der Waals surface area contributed by atoms with Gasteiger partial charge in [0.1, 0.15) is 0 Å². The third-order valence-corrected chi connectivity index (χ3v) is 4.91. The first-order chi connectivity index (χ1) is 7.20. The molecule has 88 valence electrons. The monoisotopic (exact) mass is 233 g/mol. The van der Waals surface area contributed by atoms with E-state index >= 15 is 0 Å². The van der Waals surface area contributed by atoms with Crippen molar-refractivity contribution in [2.75, 3.05) is 31.9 Å². The summed E-state index contributed by atoms with van der Waals surface area (Å²) in [5.41, 5.74) is 0. The molecule has 0 aromatic rings. The van der Waals surface area contributed by atoms with Crippen molar-refractivity contribution in [2.45, 2.75) is 25.4 Å². The molecule has 2 saturated heterocycles. The number of piperidine rings is 1. The summed E-state index contributed by atoms with van der Waals surface area (Å²) in [5, 5.41) is 6.41. The number of hydrogen-bond donors (Lipinski definition) is 2. The molecule has 1 unspecified atom stereocenters. The molecule has 2 heterocycles. The highest BCUT2D eigenvalue weighted by Gasteiger charge is 2.31. The van der Waals surface area contributed by atoms with Crippen molar-refractivity contribution in [3.05, 3.63) is 0 Å². The molecule has 0 radical (unpaired) electrons. The van der Waals surface area contributed by atoms with Crippen molar-refractivity contribution in [1.82, 2.24) is 14.9 Å². The smallest absolute Gasteiger partial charge is 0.216 e. The van der Waals surface area contributed by atoms with Crippen LogP contribution in [0.2, 0.25) is 0 Å². The molecule has 0 aromatic carbocycles. The van der Waals surface area contributed by atoms with E-state index in [1.165, 1.54) is 0 Å². The Hall–Kier alpha value is -0.170. The Balaban J connectivity index is 2.09. The van der Waals surface area contributed by atoms with Crippen molar-refractivity contribution < 1.29 is 8.42 Å². The van der Waals surface area contributed by atoms with Gasteiger partial charge in [-0.3, -0.25) is 0 Å². The largest absolute Gasteiger partial charge is 0.314 e. The Kier molecular flexibility index (Phi) is 3.60. The Labute approximate surface area is 91.3 Å². The molecule has 2 rings (SSSR count). The molecule has 0 aliphatic carbocycles. The molecule has 6 heteroatoms. The molecule has 0 spiro atoms. The number of nitrogens with zero attached hydrogens (tertiary/aromatic N) is 1. The summed E-state index contributed by atoms with van der Waals surface area (Å²) in [7, 11) is -3.05. The van der Waals surface area contributed by atoms with Gasteiger partial charge >= 0.3 is 0 Å². The van der Waals surface area contributed by atoms with E-state index in [9.17, 15) is 8.42 Å². The average Bonchev–Trinajstić information content (AvgIpc) is 2.40. The van der Waals surface area contributed by atoms with E-state index in [1.54, 1.807) is 4.31 Å². The van der Waals surface area contributed by atoms with Gasteiger partial charge in [0, 0.05) is 19.6 Å². The molecule has 2 aliphatic heterocycles. The highest BCUT2D eigenvalue weighted by Crippen LogP contribution is 2.15. The van der Waals surface area contributed by atoms with Gasteiger partial charge in [-0.25, -0.2) is 8.42 Å². The van der Waals surface area contributed by atoms with Crippen LogP contribution < -0.4 is 10.6 Å². The van der Waals surface area contributed by atoms with Gasteiger partial charge in [0.25, 0.3) is 0 Å². The van der Waals surface area contributed by atoms with Crippen LogP contribution in [0.3, 0.4) is 0 Å². The first-order valence-electron chi connectivity index (χ1n) is 5.64. The third-order valence-electron chi connectivity index (χ3n) is 3.03. The van der Waals surface area contributed by atoms with E-state index in [4.69, 9.17) is 0 Å². The van der Waals surface area contributed by atoms with E-state index in [0.717, 1.165) is 32.4 Å². The molecular weight excluding hydrogens is 214 g/mol. The van der Waals surface area contributed by atoms with Gasteiger partial charge in [-0.1, -0.05) is 0 Å². The van der Waals surface area contributed by atoms with Crippen molar-refractivity contribution in [3.8, 4) is 0 Å². The summed E-state index contributed by atoms with van der Waals surface area (Å²) in [6, 6.07) is 0. The molecular formula is C9H19N3O2S. The van der Waals surface area contributed by atoms with Crippen molar-refractivity contribution in [3.63, 3.8) is 0 Å². The zero-order valence-electron chi connectivity index (χ0n) is 8.91. The summed E-state index contributed by atoms with van der Waals surface area (Å²) >= 11 is 0. The van der Waals surface area contributed by atoms with E-state index in [0.29, 0.717) is 13.1 Å². The van der Waals surface area contributed by atoms with E-state index < -0.39 is 10.0 Å². The van der Waals surface area contributed by atoms with Crippen molar-refractivity contribution in [1.29, 1.82) is 0 Å². The maximum Gasteiger partial charge on any atom is 0.216 e. The summed E-state index contributed by atoms with van der Waals surface area (Å²) in [6.45, 7) is 2.87. The van der Waals surface area contributed by atoms with Crippen LogP contribution in [0.1, 0.15) is 19.3 Å². The quantitative estimate of drug-likeness (QED) is 0.630. The first kappa shape index (κ1) is 11.3. The highest BCUT2D eigenvalue weighted by atomic mass is 32.2. The standard InChI is InChI=1S/C9H19N3O2S/c13-15(14)8-6-10-5-7-12(15)9-3-1-2-4-11-9/h9-11H,1-8H2. The van der Waals surface area contributed by atoms with Gasteiger partial charge in [-0.15, -0.1) is 0 Å². The predicted molar refractivity (Wildman–Crippen MR) is 59.0 cm³/mol. The molecule has 0 aromatic heterocycles. The second-order valence-corrected chi connectivity index (χ2v) is 6.18. The van der Waals surface area contributed by atoms with Crippen LogP contribution in [-0.2, 0) is 10.0 Å². The molecule has 5 nitrogen and oxygen atoms in total. The van der Waals surface area contributed by atoms with Gasteiger partial charge < -0.3 is 10.6 Å². The van der Waals surface area contributed by atoms with Gasteiger partial charge in [0.15, 0.2) is 0 Å². The van der Waals surface area contributed by atoms with Crippen molar-refractivity contribution in [2.24, 2.45) is 0 Å². The van der Waals surface area contributed by atoms with Crippen LogP contribution in [0.25, 0.3) is 0 Å². The molecule has 2 aliphatic rings. The lowest BCUT2D eigenvalue weighted by Crippen LogP contribution is -2.51. The average molecular weight is 233 g/mol. The Morgan fingerprint density at radius 1 is 1.13 bits per heavy atom. The molecule has 0 saturated carbocycles. The zero-order chi connectivity index (χ0) is 10.7. The fourth-order valence-corrected chi connectivity index (χ4v) is 3.77. The Morgan fingerprint density at radius 3 is 2.73 bits per heavy atom. The molecule has 1 atom stereocenters. The SMILES string of the molecule is O=S1(=O)CCNCCN1C1CCCCN1. The second kappa shape index (κ2) is 4.78. The van der Waals surface area contributed by atoms with E-state index in [-0.39, 0.29) is 11.9 Å². The zero-order valence-corrected chi connectivity index (χ0v) is 9.72. The predicted octanol–water partition coefficient (Wildman–Crippen LogP) is -0.679. The summed E-state index contributed by atoms with van der Waals surface area (Å²) < 4.78 is 25.5. The minimum atomic E-state index is -3.05. The molecule has 2 fully saturated rings. The Bertz CT molecular complexity index is 298. The maximum atomic E-state index is 11.9. The summed E-state index contributed by atoms with van der Waals surface area (Å²) in [5.74, 6) is 0.227. The fraction of sp³-hybridized carbons (Fsp3) is 1.00. The summed E-state index contributed by atoms with van der Waals surface area (Å²) in [4.78, 5) is 0. The van der Waals surface area contributed by atoms with Gasteiger partial charge in [-0.05, 0) is 25.8 Å². The molecule has 15 heavy (non-hydrogen) atoms. The lowest BCUT2D eigenvalue weighted by molar-refractivity contribution is 0.234. The van der Waals surface area contributed by atoms with Gasteiger partial charge in [0.05, 0.1) is 11.9 Å². The van der Waals surface area contributed by atoms with Crippen LogP contribution in [0.5, 0.6) is 0 Å². The lowest BCUT2D eigenvalue weighted by atomic mass is 10.1. The second-order valence-electron chi connectivity index (χ2n) is 4.14.